The highest BCUT2D eigenvalue weighted by molar-refractivity contribution is 6.12. The molecule has 0 amide bonds. The summed E-state index contributed by atoms with van der Waals surface area (Å²) in [5, 5.41) is 5.74. The van der Waals surface area contributed by atoms with E-state index in [2.05, 4.69) is 74.5 Å². The minimum atomic E-state index is 0.632. The van der Waals surface area contributed by atoms with Gasteiger partial charge in [-0.2, -0.15) is 0 Å². The molecule has 0 bridgehead atoms. The van der Waals surface area contributed by atoms with Gasteiger partial charge in [-0.15, -0.1) is 0 Å². The van der Waals surface area contributed by atoms with Crippen LogP contribution in [0.15, 0.2) is 183 Å². The van der Waals surface area contributed by atoms with Gasteiger partial charge >= 0.3 is 0 Å². The number of nitrogens with zero attached hydrogens (tertiary/aromatic N) is 3. The smallest absolute Gasteiger partial charge is 0.164 e. The van der Waals surface area contributed by atoms with Crippen LogP contribution < -0.4 is 0 Å². The number of aryl methyl sites for hydroxylation is 3. The van der Waals surface area contributed by atoms with Crippen LogP contribution in [0.2, 0.25) is 0 Å². The van der Waals surface area contributed by atoms with Crippen LogP contribution in [0.4, 0.5) is 0 Å². The fraction of sp³-hybridized carbons (Fsp3) is 0.109. The van der Waals surface area contributed by atoms with Gasteiger partial charge in [-0.25, -0.2) is 15.0 Å². The van der Waals surface area contributed by atoms with Gasteiger partial charge in [-0.05, 0) is 56.2 Å². The van der Waals surface area contributed by atoms with E-state index in [-0.39, 0.29) is 0 Å². The zero-order chi connectivity index (χ0) is 41.7. The number of allylic oxidation sites excluding steroid dienone is 1. The van der Waals surface area contributed by atoms with Crippen LogP contribution >= 0.6 is 0 Å². The predicted octanol–water partition coefficient (Wildman–Crippen LogP) is 15.4. The molecule has 4 aromatic heterocycles. The van der Waals surface area contributed by atoms with Crippen molar-refractivity contribution in [1.82, 2.24) is 15.0 Å². The molecule has 11 aromatic rings. The van der Waals surface area contributed by atoms with Gasteiger partial charge in [0.05, 0.1) is 0 Å². The van der Waals surface area contributed by atoms with Crippen molar-refractivity contribution >= 4 is 60.9 Å². The molecule has 4 heterocycles. The standard InChI is InChI=1S/C28H19N3O.C13H12O.C12H8O.C2H6/c1-18-15-16-23-22(17-18)25-21(13-8-14-24(25)32-23)28-30-26(19-9-4-2-5-10-19)29-27(31-28)20-11-6-3-7-12-20;1-9-5-4-7-11-10-6-2-3-8-12(10)14-13(9)11;1-3-7-11-9(5-1)10-6-2-4-8-12(10)13-11;1-2/h2-17H,1H3;2,4-7H,3,8H2,1H3;1-8H;1-2H3. The number of hydrogen-bond donors (Lipinski definition) is 0. The Morgan fingerprint density at radius 1 is 0.459 bits per heavy atom. The molecule has 0 unspecified atom stereocenters. The summed E-state index contributed by atoms with van der Waals surface area (Å²) in [5.74, 6) is 3.08. The van der Waals surface area contributed by atoms with Crippen LogP contribution in [0.25, 0.3) is 95.1 Å². The van der Waals surface area contributed by atoms with E-state index >= 15 is 0 Å². The fourth-order valence-corrected chi connectivity index (χ4v) is 7.84. The normalized spacial score (nSPS) is 11.7. The summed E-state index contributed by atoms with van der Waals surface area (Å²) in [5.41, 5.74) is 11.2. The number of furan rings is 3. The highest BCUT2D eigenvalue weighted by atomic mass is 16.3. The highest BCUT2D eigenvalue weighted by Crippen LogP contribution is 2.37. The lowest BCUT2D eigenvalue weighted by atomic mass is 10.0. The molecule has 0 saturated heterocycles. The minimum absolute atomic E-state index is 0.632. The number of benzene rings is 7. The fourth-order valence-electron chi connectivity index (χ4n) is 7.84. The third-order valence-corrected chi connectivity index (χ3v) is 10.7. The van der Waals surface area contributed by atoms with E-state index in [0.717, 1.165) is 74.0 Å². The van der Waals surface area contributed by atoms with E-state index in [1.165, 1.54) is 32.8 Å². The summed E-state index contributed by atoms with van der Waals surface area (Å²) >= 11 is 0. The molecule has 1 aliphatic rings. The monoisotopic (exact) mass is 795 g/mol. The van der Waals surface area contributed by atoms with Crippen molar-refractivity contribution in [2.75, 3.05) is 0 Å². The van der Waals surface area contributed by atoms with Gasteiger partial charge in [0, 0.05) is 55.6 Å². The number of fused-ring (bicyclic) bond motifs is 9. The van der Waals surface area contributed by atoms with Crippen molar-refractivity contribution in [2.45, 2.75) is 40.5 Å². The second-order valence-electron chi connectivity index (χ2n) is 14.7. The van der Waals surface area contributed by atoms with Gasteiger partial charge in [0.25, 0.3) is 0 Å². The van der Waals surface area contributed by atoms with E-state index in [1.807, 2.05) is 129 Å². The third kappa shape index (κ3) is 7.84. The van der Waals surface area contributed by atoms with Gasteiger partial charge in [0.1, 0.15) is 33.7 Å². The molecule has 7 aromatic carbocycles. The largest absolute Gasteiger partial charge is 0.460 e. The maximum absolute atomic E-state index is 6.13. The summed E-state index contributed by atoms with van der Waals surface area (Å²) in [7, 11) is 0. The summed E-state index contributed by atoms with van der Waals surface area (Å²) in [6.07, 6.45) is 6.55. The van der Waals surface area contributed by atoms with Gasteiger partial charge in [-0.1, -0.05) is 165 Å². The van der Waals surface area contributed by atoms with Crippen molar-refractivity contribution in [3.05, 3.63) is 192 Å². The first-order valence-electron chi connectivity index (χ1n) is 20.9. The topological polar surface area (TPSA) is 78.1 Å². The summed E-state index contributed by atoms with van der Waals surface area (Å²) in [6.45, 7) is 8.19. The van der Waals surface area contributed by atoms with Crippen molar-refractivity contribution in [1.29, 1.82) is 0 Å². The molecular formula is C55H45N3O3. The lowest BCUT2D eigenvalue weighted by Gasteiger charge is -2.09. The molecule has 6 nitrogen and oxygen atoms in total. The average molecular weight is 796 g/mol. The molecular weight excluding hydrogens is 751 g/mol. The van der Waals surface area contributed by atoms with Crippen LogP contribution in [0.1, 0.15) is 42.7 Å². The van der Waals surface area contributed by atoms with Crippen LogP contribution in [-0.4, -0.2) is 15.0 Å². The Kier molecular flexibility index (Phi) is 11.1. The molecule has 0 atom stereocenters. The molecule has 0 fully saturated rings. The van der Waals surface area contributed by atoms with Crippen LogP contribution in [0.5, 0.6) is 0 Å². The van der Waals surface area contributed by atoms with Crippen LogP contribution in [0.3, 0.4) is 0 Å². The lowest BCUT2D eigenvalue weighted by molar-refractivity contribution is 0.544. The Bertz CT molecular complexity index is 3190. The second kappa shape index (κ2) is 17.3. The van der Waals surface area contributed by atoms with E-state index in [4.69, 9.17) is 28.2 Å². The number of rotatable bonds is 3. The van der Waals surface area contributed by atoms with Crippen molar-refractivity contribution in [2.24, 2.45) is 0 Å². The van der Waals surface area contributed by atoms with Crippen molar-refractivity contribution in [3.8, 4) is 34.2 Å². The predicted molar refractivity (Wildman–Crippen MR) is 252 cm³/mol. The molecule has 0 N–H and O–H groups in total. The zero-order valence-electron chi connectivity index (χ0n) is 34.7. The zero-order valence-corrected chi connectivity index (χ0v) is 34.7. The van der Waals surface area contributed by atoms with E-state index in [9.17, 15) is 0 Å². The Morgan fingerprint density at radius 3 is 1.67 bits per heavy atom. The molecule has 1 aliphatic carbocycles. The first-order valence-corrected chi connectivity index (χ1v) is 20.9. The molecule has 12 rings (SSSR count). The number of hydrogen-bond acceptors (Lipinski definition) is 6. The molecule has 6 heteroatoms. The average Bonchev–Trinajstić information content (AvgIpc) is 4.03. The molecule has 61 heavy (non-hydrogen) atoms. The van der Waals surface area contributed by atoms with Crippen LogP contribution in [-0.2, 0) is 6.42 Å². The first-order chi connectivity index (χ1) is 30.1. The number of para-hydroxylation sites is 3. The number of aromatic nitrogens is 3. The van der Waals surface area contributed by atoms with Crippen LogP contribution in [0, 0.1) is 13.8 Å². The highest BCUT2D eigenvalue weighted by Gasteiger charge is 2.18. The van der Waals surface area contributed by atoms with Gasteiger partial charge < -0.3 is 13.3 Å². The molecule has 0 spiro atoms. The molecule has 0 radical (unpaired) electrons. The Morgan fingerprint density at radius 2 is 1.00 bits per heavy atom. The third-order valence-electron chi connectivity index (χ3n) is 10.7. The molecule has 0 aliphatic heterocycles. The van der Waals surface area contributed by atoms with Gasteiger partial charge in [-0.3, -0.25) is 0 Å². The Balaban J connectivity index is 0.000000134. The van der Waals surface area contributed by atoms with E-state index in [1.54, 1.807) is 0 Å². The van der Waals surface area contributed by atoms with Crippen molar-refractivity contribution in [3.63, 3.8) is 0 Å². The maximum atomic E-state index is 6.13. The van der Waals surface area contributed by atoms with Crippen molar-refractivity contribution < 1.29 is 13.3 Å². The summed E-state index contributed by atoms with van der Waals surface area (Å²) < 4.78 is 17.7. The minimum Gasteiger partial charge on any atom is -0.460 e. The summed E-state index contributed by atoms with van der Waals surface area (Å²) in [6, 6.07) is 54.8. The van der Waals surface area contributed by atoms with Gasteiger partial charge in [0.2, 0.25) is 0 Å². The summed E-state index contributed by atoms with van der Waals surface area (Å²) in [4.78, 5) is 14.6. The van der Waals surface area contributed by atoms with E-state index < -0.39 is 0 Å². The van der Waals surface area contributed by atoms with E-state index in [0.29, 0.717) is 17.5 Å². The lowest BCUT2D eigenvalue weighted by Crippen LogP contribution is -2.00. The Labute approximate surface area is 354 Å². The Hall–Kier alpha value is -7.57. The second-order valence-corrected chi connectivity index (χ2v) is 14.7. The first kappa shape index (κ1) is 38.9. The SMILES string of the molecule is CC.Cc1ccc2oc3cccc(-c4nc(-c5ccccc5)nc(-c5ccccc5)n4)c3c2c1.Cc1cccc2c3c(oc12)CCC=C3.c1ccc2c(c1)oc1ccccc12. The van der Waals surface area contributed by atoms with Gasteiger partial charge in [0.15, 0.2) is 17.5 Å². The quantitative estimate of drug-likeness (QED) is 0.177. The molecule has 298 valence electrons. The molecule has 0 saturated carbocycles. The maximum Gasteiger partial charge on any atom is 0.164 e.